The Labute approximate surface area is 212 Å². The van der Waals surface area contributed by atoms with Gasteiger partial charge in [0.25, 0.3) is 5.97 Å². The Hall–Kier alpha value is -2.65. The molecule has 0 unspecified atom stereocenters. The number of carbonyl (C=O) groups is 2. The molecule has 4 rings (SSSR count). The van der Waals surface area contributed by atoms with Crippen molar-refractivity contribution in [3.63, 3.8) is 0 Å². The van der Waals surface area contributed by atoms with Gasteiger partial charge in [-0.2, -0.15) is 0 Å². The molecule has 164 valence electrons. The van der Waals surface area contributed by atoms with Gasteiger partial charge in [0.2, 0.25) is 0 Å². The Balaban J connectivity index is 0.000000709. The number of carboxylic acid groups (broad SMARTS) is 1. The van der Waals surface area contributed by atoms with Gasteiger partial charge in [0.15, 0.2) is 0 Å². The van der Waals surface area contributed by atoms with E-state index in [1.807, 2.05) is 42.5 Å². The molecule has 1 aliphatic heterocycles. The Morgan fingerprint density at radius 1 is 1.18 bits per heavy atom. The van der Waals surface area contributed by atoms with Crippen LogP contribution in [-0.2, 0) is 9.59 Å². The minimum absolute atomic E-state index is 0.154. The molecule has 7 nitrogen and oxygen atoms in total. The molecule has 33 heavy (non-hydrogen) atoms. The zero-order valence-electron chi connectivity index (χ0n) is 18.7. The van der Waals surface area contributed by atoms with Crippen LogP contribution in [0.25, 0.3) is 17.0 Å². The molecule has 0 bridgehead atoms. The minimum atomic E-state index is -0.833. The van der Waals surface area contributed by atoms with Gasteiger partial charge in [0, 0.05) is 6.92 Å². The minimum Gasteiger partial charge on any atom is -0.0438 e. The van der Waals surface area contributed by atoms with E-state index in [0.29, 0.717) is 32.5 Å². The van der Waals surface area contributed by atoms with E-state index >= 15 is 0 Å². The summed E-state index contributed by atoms with van der Waals surface area (Å²) >= 11 is 2.20. The monoisotopic (exact) mass is 472 g/mol. The maximum absolute atomic E-state index is 12.9. The third-order valence-corrected chi connectivity index (χ3v) is 6.27. The van der Waals surface area contributed by atoms with Crippen molar-refractivity contribution >= 4 is 82.3 Å². The number of thioether (sulfide) groups is 1. The van der Waals surface area contributed by atoms with E-state index in [-0.39, 0.29) is 11.3 Å². The number of nitrogens with zero attached hydrogens (tertiary/aromatic N) is 1. The Morgan fingerprint density at radius 3 is 2.48 bits per heavy atom. The predicted molar refractivity (Wildman–Crippen MR) is 133 cm³/mol. The average molecular weight is 472 g/mol. The summed E-state index contributed by atoms with van der Waals surface area (Å²) in [5.41, 5.74) is 2.66. The summed E-state index contributed by atoms with van der Waals surface area (Å²) in [6.45, 7) is 5.23. The number of carboxylic acids is 1. The van der Waals surface area contributed by atoms with Crippen molar-refractivity contribution < 1.29 is 19.1 Å². The zero-order chi connectivity index (χ0) is 24.1. The quantitative estimate of drug-likeness (QED) is 0.440. The van der Waals surface area contributed by atoms with Crippen LogP contribution in [0.4, 0.5) is 5.69 Å². The number of anilines is 1. The topological polar surface area (TPSA) is 109 Å². The number of nitrogens with one attached hydrogen (secondary N) is 1. The standard InChI is InChI=1S/C22H17N2O3S.C2H4O2.Na/c1-13(2)14-8-9-18-17(10-14)20(25)15(12-27-18)11-19-21(26)24-22(28-19)23-16-6-4-3-5-7-16;1-2(3)4;/h4-13H,1-2H3,(H,23,24,26);1H3,(H,3,4);. The third-order valence-electron chi connectivity index (χ3n) is 4.70. The molecular formula is C24H21N2NaO5S. The van der Waals surface area contributed by atoms with Crippen molar-refractivity contribution in [2.24, 2.45) is 4.99 Å². The van der Waals surface area contributed by atoms with E-state index in [9.17, 15) is 9.59 Å². The maximum atomic E-state index is 12.9. The molecule has 1 aliphatic rings. The van der Waals surface area contributed by atoms with Gasteiger partial charge < -0.3 is 5.11 Å². The smallest absolute Gasteiger partial charge is 0.0438 e. The van der Waals surface area contributed by atoms with Crippen molar-refractivity contribution in [3.05, 3.63) is 75.0 Å². The second-order valence-electron chi connectivity index (χ2n) is 7.77. The molecule has 3 aromatic rings. The van der Waals surface area contributed by atoms with E-state index in [2.05, 4.69) is 24.2 Å². The Kier molecular flexibility index (Phi) is 8.31. The summed E-state index contributed by atoms with van der Waals surface area (Å²) < 4.78 is 6.91. The van der Waals surface area contributed by atoms with Crippen LogP contribution in [0.3, 0.4) is 0 Å². The SMILES string of the molecule is CC(=O)O.CC(C)c1ccc2occ(C=C3SC(Nc4cc[c]([Na])cc4)=NC3=O)c(=O)c2c1. The van der Waals surface area contributed by atoms with Crippen LogP contribution < -0.4 is 13.6 Å². The Morgan fingerprint density at radius 2 is 1.85 bits per heavy atom. The molecule has 0 spiro atoms. The first-order valence-electron chi connectivity index (χ1n) is 10.3. The molecular weight excluding hydrogens is 451 g/mol. The molecule has 0 saturated carbocycles. The summed E-state index contributed by atoms with van der Waals surface area (Å²) in [5, 5.41) is 11.6. The number of rotatable bonds is 3. The van der Waals surface area contributed by atoms with Gasteiger partial charge in [-0.05, 0) is 23.6 Å². The number of amides is 1. The molecule has 1 aromatic heterocycles. The first kappa shape index (κ1) is 25.0. The van der Waals surface area contributed by atoms with Crippen LogP contribution >= 0.6 is 11.8 Å². The molecule has 1 amide bonds. The first-order valence-corrected chi connectivity index (χ1v) is 12.1. The number of hydrogen-bond donors (Lipinski definition) is 2. The van der Waals surface area contributed by atoms with Crippen molar-refractivity contribution in [1.82, 2.24) is 0 Å². The van der Waals surface area contributed by atoms with Gasteiger partial charge in [-0.1, -0.05) is 19.9 Å². The number of hydrogen-bond acceptors (Lipinski definition) is 6. The molecule has 9 heteroatoms. The molecule has 0 atom stereocenters. The van der Waals surface area contributed by atoms with Crippen LogP contribution in [0, 0.1) is 0 Å². The molecule has 0 saturated heterocycles. The number of aliphatic imine (C=N–C) groups is 1. The molecule has 2 N–H and O–H groups in total. The molecule has 0 aliphatic carbocycles. The molecule has 2 heterocycles. The van der Waals surface area contributed by atoms with Crippen molar-refractivity contribution in [2.45, 2.75) is 26.7 Å². The van der Waals surface area contributed by atoms with Crippen LogP contribution in [0.1, 0.15) is 37.8 Å². The van der Waals surface area contributed by atoms with Crippen molar-refractivity contribution in [3.8, 4) is 0 Å². The Bertz CT molecular complexity index is 1320. The van der Waals surface area contributed by atoms with E-state index < -0.39 is 5.97 Å². The average Bonchev–Trinajstić information content (AvgIpc) is 3.09. The zero-order valence-corrected chi connectivity index (χ0v) is 21.5. The fourth-order valence-corrected chi connectivity index (χ4v) is 4.14. The normalized spacial score (nSPS) is 14.3. The molecule has 0 radical (unpaired) electrons. The van der Waals surface area contributed by atoms with E-state index in [4.69, 9.17) is 14.3 Å². The second-order valence-corrected chi connectivity index (χ2v) is 9.96. The number of aliphatic carboxylic acids is 1. The van der Waals surface area contributed by atoms with Gasteiger partial charge in [0.05, 0.1) is 0 Å². The van der Waals surface area contributed by atoms with Gasteiger partial charge in [0.1, 0.15) is 5.58 Å². The number of amidine groups is 1. The summed E-state index contributed by atoms with van der Waals surface area (Å²) in [4.78, 5) is 38.7. The summed E-state index contributed by atoms with van der Waals surface area (Å²) in [7, 11) is 0. The van der Waals surface area contributed by atoms with Crippen LogP contribution in [0.2, 0.25) is 0 Å². The van der Waals surface area contributed by atoms with Gasteiger partial charge in [-0.3, -0.25) is 4.79 Å². The number of fused-ring (bicyclic) bond motifs is 1. The van der Waals surface area contributed by atoms with Crippen molar-refractivity contribution in [1.29, 1.82) is 0 Å². The number of benzene rings is 2. The van der Waals surface area contributed by atoms with Gasteiger partial charge in [-0.15, -0.1) is 0 Å². The fourth-order valence-electron chi connectivity index (χ4n) is 2.99. The predicted octanol–water partition coefficient (Wildman–Crippen LogP) is 3.88. The molecule has 2 aromatic carbocycles. The summed E-state index contributed by atoms with van der Waals surface area (Å²) in [5.74, 6) is -0.897. The summed E-state index contributed by atoms with van der Waals surface area (Å²) in [6.07, 6.45) is 2.95. The van der Waals surface area contributed by atoms with Crippen LogP contribution in [0.15, 0.2) is 67.8 Å². The van der Waals surface area contributed by atoms with Crippen LogP contribution in [0.5, 0.6) is 0 Å². The van der Waals surface area contributed by atoms with Gasteiger partial charge >= 0.3 is 141 Å². The second kappa shape index (κ2) is 11.0. The van der Waals surface area contributed by atoms with Crippen LogP contribution in [-0.4, -0.2) is 50.1 Å². The first-order chi connectivity index (χ1) is 15.6. The fraction of sp³-hybridized carbons (Fsp3) is 0.167. The van der Waals surface area contributed by atoms with Gasteiger partial charge in [-0.25, -0.2) is 0 Å². The third kappa shape index (κ3) is 6.68. The summed E-state index contributed by atoms with van der Waals surface area (Å²) in [6, 6.07) is 13.6. The molecule has 0 fully saturated rings. The van der Waals surface area contributed by atoms with E-state index in [1.54, 1.807) is 6.08 Å². The number of carbonyl (C=O) groups excluding carboxylic acids is 1. The van der Waals surface area contributed by atoms with Crippen molar-refractivity contribution in [2.75, 3.05) is 5.32 Å². The van der Waals surface area contributed by atoms with E-state index in [0.717, 1.165) is 46.1 Å². The van der Waals surface area contributed by atoms with E-state index in [1.165, 1.54) is 20.8 Å².